The molecular formula is C18H21N3O2. The minimum absolute atomic E-state index is 0.0718. The third-order valence-electron chi connectivity index (χ3n) is 5.27. The van der Waals surface area contributed by atoms with E-state index in [2.05, 4.69) is 5.16 Å². The molecule has 1 aliphatic heterocycles. The van der Waals surface area contributed by atoms with E-state index in [1.54, 1.807) is 6.07 Å². The third-order valence-corrected chi connectivity index (χ3v) is 5.27. The lowest BCUT2D eigenvalue weighted by molar-refractivity contribution is 0.0738. The summed E-state index contributed by atoms with van der Waals surface area (Å²) in [5.41, 5.74) is 8.98. The summed E-state index contributed by atoms with van der Waals surface area (Å²) in [5, 5.41) is 4.05. The molecule has 2 aromatic rings. The van der Waals surface area contributed by atoms with Gasteiger partial charge in [-0.2, -0.15) is 0 Å². The van der Waals surface area contributed by atoms with Crippen molar-refractivity contribution in [3.8, 4) is 11.3 Å². The molecule has 2 heterocycles. The molecule has 1 aliphatic carbocycles. The Bertz CT molecular complexity index is 722. The largest absolute Gasteiger partial charge is 0.350 e. The predicted octanol–water partition coefficient (Wildman–Crippen LogP) is 2.46. The van der Waals surface area contributed by atoms with Crippen molar-refractivity contribution in [2.45, 2.75) is 25.8 Å². The van der Waals surface area contributed by atoms with Crippen LogP contribution in [0.4, 0.5) is 0 Å². The van der Waals surface area contributed by atoms with Crippen LogP contribution in [0.1, 0.15) is 29.0 Å². The number of carbonyl (C=O) groups is 1. The van der Waals surface area contributed by atoms with Gasteiger partial charge in [0.25, 0.3) is 5.91 Å². The third kappa shape index (κ3) is 2.55. The van der Waals surface area contributed by atoms with E-state index in [0.717, 1.165) is 31.5 Å². The molecule has 1 aromatic carbocycles. The van der Waals surface area contributed by atoms with Gasteiger partial charge in [0, 0.05) is 30.8 Å². The average molecular weight is 311 g/mol. The highest BCUT2D eigenvalue weighted by Crippen LogP contribution is 2.37. The fraction of sp³-hybridized carbons (Fsp3) is 0.444. The highest BCUT2D eigenvalue weighted by Gasteiger charge is 2.43. The van der Waals surface area contributed by atoms with Crippen molar-refractivity contribution in [2.24, 2.45) is 17.6 Å². The summed E-state index contributed by atoms with van der Waals surface area (Å²) in [6, 6.07) is 9.99. The summed E-state index contributed by atoms with van der Waals surface area (Å²) in [5.74, 6) is 1.23. The lowest BCUT2D eigenvalue weighted by Crippen LogP contribution is -2.33. The Balaban J connectivity index is 1.51. The molecule has 0 radical (unpaired) electrons. The first kappa shape index (κ1) is 14.5. The van der Waals surface area contributed by atoms with Crippen LogP contribution in [0.3, 0.4) is 0 Å². The number of aryl methyl sites for hydroxylation is 1. The Kier molecular flexibility index (Phi) is 3.45. The lowest BCUT2D eigenvalue weighted by Gasteiger charge is -2.17. The number of hydrogen-bond acceptors (Lipinski definition) is 4. The summed E-state index contributed by atoms with van der Waals surface area (Å²) < 4.78 is 5.30. The summed E-state index contributed by atoms with van der Waals surface area (Å²) in [7, 11) is 0. The Hall–Kier alpha value is -2.14. The number of rotatable bonds is 2. The number of fused-ring (bicyclic) bond motifs is 1. The van der Waals surface area contributed by atoms with Crippen LogP contribution in [0.5, 0.6) is 0 Å². The SMILES string of the molecule is Cc1ccc(-c2cc(C(=O)N3CC4CCC(N)C4C3)on2)cc1. The molecule has 1 saturated heterocycles. The second-order valence-corrected chi connectivity index (χ2v) is 6.82. The zero-order valence-corrected chi connectivity index (χ0v) is 13.2. The highest BCUT2D eigenvalue weighted by molar-refractivity contribution is 5.92. The van der Waals surface area contributed by atoms with Gasteiger partial charge in [0.2, 0.25) is 5.76 Å². The number of carbonyl (C=O) groups excluding carboxylic acids is 1. The minimum Gasteiger partial charge on any atom is -0.350 e. The number of aromatic nitrogens is 1. The van der Waals surface area contributed by atoms with Gasteiger partial charge in [-0.05, 0) is 31.6 Å². The van der Waals surface area contributed by atoms with E-state index in [0.29, 0.717) is 23.3 Å². The Morgan fingerprint density at radius 1 is 1.26 bits per heavy atom. The van der Waals surface area contributed by atoms with Crippen LogP contribution in [-0.2, 0) is 0 Å². The number of amides is 1. The van der Waals surface area contributed by atoms with Gasteiger partial charge in [-0.25, -0.2) is 0 Å². The van der Waals surface area contributed by atoms with Gasteiger partial charge in [-0.15, -0.1) is 0 Å². The van der Waals surface area contributed by atoms with Crippen molar-refractivity contribution in [3.63, 3.8) is 0 Å². The van der Waals surface area contributed by atoms with Gasteiger partial charge >= 0.3 is 0 Å². The Morgan fingerprint density at radius 3 is 2.78 bits per heavy atom. The fourth-order valence-corrected chi connectivity index (χ4v) is 3.87. The molecule has 0 spiro atoms. The van der Waals surface area contributed by atoms with E-state index in [1.165, 1.54) is 5.56 Å². The minimum atomic E-state index is -0.0718. The summed E-state index contributed by atoms with van der Waals surface area (Å²) >= 11 is 0. The van der Waals surface area contributed by atoms with Crippen molar-refractivity contribution in [1.82, 2.24) is 10.1 Å². The average Bonchev–Trinajstić information content (AvgIpc) is 3.25. The fourth-order valence-electron chi connectivity index (χ4n) is 3.87. The molecule has 23 heavy (non-hydrogen) atoms. The molecule has 1 aromatic heterocycles. The van der Waals surface area contributed by atoms with Gasteiger partial charge < -0.3 is 15.2 Å². The zero-order chi connectivity index (χ0) is 16.0. The summed E-state index contributed by atoms with van der Waals surface area (Å²) in [4.78, 5) is 14.5. The van der Waals surface area contributed by atoms with E-state index >= 15 is 0 Å². The molecule has 2 aliphatic rings. The van der Waals surface area contributed by atoms with Crippen LogP contribution < -0.4 is 5.73 Å². The van der Waals surface area contributed by atoms with Gasteiger partial charge in [0.15, 0.2) is 0 Å². The number of nitrogens with zero attached hydrogens (tertiary/aromatic N) is 2. The smallest absolute Gasteiger partial charge is 0.292 e. The molecule has 2 fully saturated rings. The van der Waals surface area contributed by atoms with Crippen LogP contribution in [0.2, 0.25) is 0 Å². The van der Waals surface area contributed by atoms with Crippen LogP contribution in [-0.4, -0.2) is 35.1 Å². The standard InChI is InChI=1S/C18H21N3O2/c1-11-2-4-12(5-3-11)16-8-17(23-20-16)18(22)21-9-13-6-7-15(19)14(13)10-21/h2-5,8,13-15H,6-7,9-10,19H2,1H3. The van der Waals surface area contributed by atoms with Crippen molar-refractivity contribution in [3.05, 3.63) is 41.7 Å². The maximum absolute atomic E-state index is 12.6. The molecule has 1 saturated carbocycles. The molecule has 5 nitrogen and oxygen atoms in total. The molecule has 120 valence electrons. The van der Waals surface area contributed by atoms with Gasteiger partial charge in [-0.1, -0.05) is 35.0 Å². The first-order valence-corrected chi connectivity index (χ1v) is 8.20. The number of nitrogens with two attached hydrogens (primary N) is 1. The van der Waals surface area contributed by atoms with E-state index in [1.807, 2.05) is 36.1 Å². The van der Waals surface area contributed by atoms with E-state index in [-0.39, 0.29) is 11.9 Å². The van der Waals surface area contributed by atoms with Crippen molar-refractivity contribution >= 4 is 5.91 Å². The van der Waals surface area contributed by atoms with Crippen LogP contribution in [0.15, 0.2) is 34.9 Å². The molecule has 5 heteroatoms. The molecule has 3 unspecified atom stereocenters. The first-order valence-electron chi connectivity index (χ1n) is 8.20. The summed E-state index contributed by atoms with van der Waals surface area (Å²) in [6.45, 7) is 3.57. The maximum atomic E-state index is 12.6. The molecule has 2 N–H and O–H groups in total. The first-order chi connectivity index (χ1) is 11.1. The van der Waals surface area contributed by atoms with Crippen LogP contribution in [0.25, 0.3) is 11.3 Å². The second kappa shape index (κ2) is 5.49. The second-order valence-electron chi connectivity index (χ2n) is 6.82. The predicted molar refractivity (Wildman–Crippen MR) is 86.8 cm³/mol. The monoisotopic (exact) mass is 311 g/mol. The zero-order valence-electron chi connectivity index (χ0n) is 13.2. The Morgan fingerprint density at radius 2 is 2.04 bits per heavy atom. The van der Waals surface area contributed by atoms with Gasteiger partial charge in [0.05, 0.1) is 0 Å². The van der Waals surface area contributed by atoms with E-state index in [9.17, 15) is 4.79 Å². The molecule has 3 atom stereocenters. The molecule has 4 rings (SSSR count). The molecule has 0 bridgehead atoms. The van der Waals surface area contributed by atoms with Crippen molar-refractivity contribution < 1.29 is 9.32 Å². The van der Waals surface area contributed by atoms with E-state index in [4.69, 9.17) is 10.3 Å². The highest BCUT2D eigenvalue weighted by atomic mass is 16.5. The topological polar surface area (TPSA) is 72.4 Å². The molecule has 1 amide bonds. The van der Waals surface area contributed by atoms with Gasteiger partial charge in [-0.3, -0.25) is 4.79 Å². The lowest BCUT2D eigenvalue weighted by atomic mass is 9.98. The van der Waals surface area contributed by atoms with Gasteiger partial charge in [0.1, 0.15) is 5.69 Å². The van der Waals surface area contributed by atoms with Crippen molar-refractivity contribution in [2.75, 3.05) is 13.1 Å². The number of likely N-dealkylation sites (tertiary alicyclic amines) is 1. The van der Waals surface area contributed by atoms with E-state index < -0.39 is 0 Å². The number of benzene rings is 1. The normalized spacial score (nSPS) is 26.5. The quantitative estimate of drug-likeness (QED) is 0.924. The Labute approximate surface area is 135 Å². The van der Waals surface area contributed by atoms with Crippen LogP contribution in [0, 0.1) is 18.8 Å². The van der Waals surface area contributed by atoms with Crippen molar-refractivity contribution in [1.29, 1.82) is 0 Å². The molecular weight excluding hydrogens is 290 g/mol. The summed E-state index contributed by atoms with van der Waals surface area (Å²) in [6.07, 6.45) is 2.21. The van der Waals surface area contributed by atoms with Crippen LogP contribution >= 0.6 is 0 Å². The maximum Gasteiger partial charge on any atom is 0.292 e. The number of hydrogen-bond donors (Lipinski definition) is 1.